The maximum Gasteiger partial charge on any atom is 0.328 e. The molecule has 2 aromatic rings. The van der Waals surface area contributed by atoms with Gasteiger partial charge in [-0.15, -0.1) is 11.3 Å². The lowest BCUT2D eigenvalue weighted by molar-refractivity contribution is -0.142. The van der Waals surface area contributed by atoms with Crippen molar-refractivity contribution in [1.29, 1.82) is 0 Å². The predicted molar refractivity (Wildman–Crippen MR) is 102 cm³/mol. The molecule has 134 valence electrons. The van der Waals surface area contributed by atoms with Crippen LogP contribution in [0.4, 0.5) is 0 Å². The molecule has 1 atom stereocenters. The molecule has 0 saturated heterocycles. The topological polar surface area (TPSA) is 60.3 Å². The molecule has 0 fully saturated rings. The summed E-state index contributed by atoms with van der Waals surface area (Å²) >= 11 is 3.32. The van der Waals surface area contributed by atoms with Crippen molar-refractivity contribution in [3.05, 3.63) is 40.5 Å². The van der Waals surface area contributed by atoms with E-state index in [1.54, 1.807) is 23.1 Å². The number of nitrogens with zero attached hydrogens (tertiary/aromatic N) is 1. The minimum absolute atomic E-state index is 0.181. The standard InChI is InChI=1S/C18H22N2O3S2/c1-23-18(22)13(8-11-24-2)19-16(21)15-12-6-5-7-14(12)25-17(15)20-9-3-4-10-20/h3-4,9-10,13H,5-8,11H2,1-2H3,(H,19,21)/t13-/m0/s1. The smallest absolute Gasteiger partial charge is 0.328 e. The second kappa shape index (κ2) is 8.10. The number of amides is 1. The molecule has 0 spiro atoms. The minimum atomic E-state index is -0.612. The number of esters is 1. The Hall–Kier alpha value is -1.73. The van der Waals surface area contributed by atoms with Gasteiger partial charge in [0.15, 0.2) is 0 Å². The molecule has 3 rings (SSSR count). The van der Waals surface area contributed by atoms with Crippen LogP contribution in [-0.2, 0) is 22.4 Å². The average molecular weight is 379 g/mol. The summed E-state index contributed by atoms with van der Waals surface area (Å²) in [7, 11) is 1.36. The average Bonchev–Trinajstić information content (AvgIpc) is 3.33. The third-order valence-electron chi connectivity index (χ3n) is 4.37. The van der Waals surface area contributed by atoms with E-state index >= 15 is 0 Å². The van der Waals surface area contributed by atoms with Crippen molar-refractivity contribution in [3.8, 4) is 5.00 Å². The van der Waals surface area contributed by atoms with Crippen LogP contribution < -0.4 is 5.32 Å². The summed E-state index contributed by atoms with van der Waals surface area (Å²) < 4.78 is 6.84. The van der Waals surface area contributed by atoms with Crippen LogP contribution in [0.3, 0.4) is 0 Å². The van der Waals surface area contributed by atoms with E-state index in [9.17, 15) is 9.59 Å². The molecule has 25 heavy (non-hydrogen) atoms. The van der Waals surface area contributed by atoms with Gasteiger partial charge >= 0.3 is 5.97 Å². The Balaban J connectivity index is 1.89. The minimum Gasteiger partial charge on any atom is -0.467 e. The first-order valence-corrected chi connectivity index (χ1v) is 10.5. The number of rotatable bonds is 7. The first-order valence-electron chi connectivity index (χ1n) is 8.31. The van der Waals surface area contributed by atoms with E-state index in [1.807, 2.05) is 35.3 Å². The van der Waals surface area contributed by atoms with Crippen LogP contribution in [0.25, 0.3) is 5.00 Å². The largest absolute Gasteiger partial charge is 0.467 e. The Morgan fingerprint density at radius 1 is 1.36 bits per heavy atom. The van der Waals surface area contributed by atoms with E-state index < -0.39 is 12.0 Å². The maximum absolute atomic E-state index is 13.0. The highest BCUT2D eigenvalue weighted by Crippen LogP contribution is 2.37. The van der Waals surface area contributed by atoms with Crippen LogP contribution in [0.1, 0.15) is 33.6 Å². The second-order valence-electron chi connectivity index (χ2n) is 5.96. The molecule has 2 heterocycles. The van der Waals surface area contributed by atoms with Gasteiger partial charge in [-0.25, -0.2) is 4.79 Å². The summed E-state index contributed by atoms with van der Waals surface area (Å²) in [5.74, 6) is 0.211. The molecule has 7 heteroatoms. The third kappa shape index (κ3) is 3.77. The van der Waals surface area contributed by atoms with E-state index in [2.05, 4.69) is 5.32 Å². The molecule has 0 saturated carbocycles. The van der Waals surface area contributed by atoms with Crippen molar-refractivity contribution in [2.45, 2.75) is 31.7 Å². The van der Waals surface area contributed by atoms with Crippen LogP contribution in [0.5, 0.6) is 0 Å². The number of carbonyl (C=O) groups is 2. The summed E-state index contributed by atoms with van der Waals surface area (Å²) in [6, 6.07) is 3.28. The molecule has 2 aromatic heterocycles. The number of fused-ring (bicyclic) bond motifs is 1. The van der Waals surface area contributed by atoms with Crippen LogP contribution in [-0.4, -0.2) is 41.6 Å². The molecular formula is C18H22N2O3S2. The van der Waals surface area contributed by atoms with Crippen LogP contribution in [0.2, 0.25) is 0 Å². The fraction of sp³-hybridized carbons (Fsp3) is 0.444. The summed E-state index contributed by atoms with van der Waals surface area (Å²) in [5.41, 5.74) is 1.85. The molecule has 0 radical (unpaired) electrons. The molecule has 1 aliphatic rings. The number of thioether (sulfide) groups is 1. The molecule has 1 aliphatic carbocycles. The number of hydrogen-bond acceptors (Lipinski definition) is 5. The lowest BCUT2D eigenvalue weighted by atomic mass is 10.1. The van der Waals surface area contributed by atoms with Gasteiger partial charge in [0.05, 0.1) is 12.7 Å². The molecule has 5 nitrogen and oxygen atoms in total. The zero-order valence-electron chi connectivity index (χ0n) is 14.4. The fourth-order valence-corrected chi connectivity index (χ4v) is 4.96. The Morgan fingerprint density at radius 3 is 2.80 bits per heavy atom. The van der Waals surface area contributed by atoms with Gasteiger partial charge in [-0.05, 0) is 55.4 Å². The SMILES string of the molecule is COC(=O)[C@H](CCSC)NC(=O)c1c(-n2cccc2)sc2c1CCC2. The van der Waals surface area contributed by atoms with Gasteiger partial charge in [0.25, 0.3) is 5.91 Å². The van der Waals surface area contributed by atoms with Gasteiger partial charge in [-0.2, -0.15) is 11.8 Å². The second-order valence-corrected chi connectivity index (χ2v) is 8.03. The zero-order valence-corrected chi connectivity index (χ0v) is 16.0. The van der Waals surface area contributed by atoms with E-state index in [4.69, 9.17) is 4.74 Å². The van der Waals surface area contributed by atoms with Gasteiger partial charge in [-0.3, -0.25) is 4.79 Å². The first-order chi connectivity index (χ1) is 12.2. The zero-order chi connectivity index (χ0) is 17.8. The van der Waals surface area contributed by atoms with E-state index in [0.717, 1.165) is 35.6 Å². The van der Waals surface area contributed by atoms with Gasteiger partial charge < -0.3 is 14.6 Å². The summed E-state index contributed by atoms with van der Waals surface area (Å²) in [6.45, 7) is 0. The highest BCUT2D eigenvalue weighted by Gasteiger charge is 2.30. The van der Waals surface area contributed by atoms with Gasteiger partial charge in [0.2, 0.25) is 0 Å². The molecule has 1 N–H and O–H groups in total. The lowest BCUT2D eigenvalue weighted by Crippen LogP contribution is -2.42. The normalized spacial score (nSPS) is 14.2. The quantitative estimate of drug-likeness (QED) is 0.753. The molecular weight excluding hydrogens is 356 g/mol. The van der Waals surface area contributed by atoms with Crippen molar-refractivity contribution in [2.24, 2.45) is 0 Å². The molecule has 0 unspecified atom stereocenters. The highest BCUT2D eigenvalue weighted by atomic mass is 32.2. The molecule has 0 bridgehead atoms. The molecule has 0 aromatic carbocycles. The Morgan fingerprint density at radius 2 is 2.12 bits per heavy atom. The monoisotopic (exact) mass is 378 g/mol. The van der Waals surface area contributed by atoms with Gasteiger partial charge in [-0.1, -0.05) is 0 Å². The summed E-state index contributed by atoms with van der Waals surface area (Å²) in [4.78, 5) is 26.3. The Labute approximate surface area is 155 Å². The number of carbonyl (C=O) groups excluding carboxylic acids is 2. The predicted octanol–water partition coefficient (Wildman–Crippen LogP) is 3.05. The number of thiophene rings is 1. The van der Waals surface area contributed by atoms with E-state index in [-0.39, 0.29) is 5.91 Å². The van der Waals surface area contributed by atoms with Crippen LogP contribution in [0, 0.1) is 0 Å². The number of hydrogen-bond donors (Lipinski definition) is 1. The van der Waals surface area contributed by atoms with Crippen molar-refractivity contribution < 1.29 is 14.3 Å². The maximum atomic E-state index is 13.0. The van der Waals surface area contributed by atoms with Crippen molar-refractivity contribution in [3.63, 3.8) is 0 Å². The van der Waals surface area contributed by atoms with E-state index in [0.29, 0.717) is 12.0 Å². The van der Waals surface area contributed by atoms with Crippen LogP contribution >= 0.6 is 23.1 Å². The van der Waals surface area contributed by atoms with Gasteiger partial charge in [0, 0.05) is 17.3 Å². The Kier molecular flexibility index (Phi) is 5.86. The van der Waals surface area contributed by atoms with Crippen molar-refractivity contribution >= 4 is 35.0 Å². The number of nitrogens with one attached hydrogen (secondary N) is 1. The lowest BCUT2D eigenvalue weighted by Gasteiger charge is -2.17. The number of aryl methyl sites for hydroxylation is 1. The summed E-state index contributed by atoms with van der Waals surface area (Å²) in [5, 5.41) is 3.83. The molecule has 0 aliphatic heterocycles. The number of ether oxygens (including phenoxy) is 1. The van der Waals surface area contributed by atoms with Crippen molar-refractivity contribution in [2.75, 3.05) is 19.1 Å². The molecule has 1 amide bonds. The number of methoxy groups -OCH3 is 1. The highest BCUT2D eigenvalue weighted by molar-refractivity contribution is 7.98. The third-order valence-corrected chi connectivity index (χ3v) is 6.32. The van der Waals surface area contributed by atoms with E-state index in [1.165, 1.54) is 12.0 Å². The van der Waals surface area contributed by atoms with Gasteiger partial charge in [0.1, 0.15) is 11.0 Å². The first kappa shape index (κ1) is 18.1. The van der Waals surface area contributed by atoms with Crippen molar-refractivity contribution in [1.82, 2.24) is 9.88 Å². The Bertz CT molecular complexity index is 753. The summed E-state index contributed by atoms with van der Waals surface area (Å²) in [6.07, 6.45) is 9.46. The fourth-order valence-electron chi connectivity index (χ4n) is 3.13. The van der Waals surface area contributed by atoms with Crippen LogP contribution in [0.15, 0.2) is 24.5 Å². The number of aromatic nitrogens is 1.